The first-order chi connectivity index (χ1) is 8.45. The van der Waals surface area contributed by atoms with Crippen molar-refractivity contribution in [2.45, 2.75) is 37.0 Å². The zero-order valence-corrected chi connectivity index (χ0v) is 11.7. The number of benzene rings is 1. The molecule has 1 rings (SSSR count). The van der Waals surface area contributed by atoms with Crippen molar-refractivity contribution >= 4 is 27.4 Å². The van der Waals surface area contributed by atoms with Crippen LogP contribution in [0.3, 0.4) is 0 Å². The molecular formula is C12H18ClNO3S. The highest BCUT2D eigenvalue weighted by molar-refractivity contribution is 7.85. The first kappa shape index (κ1) is 15.3. The van der Waals surface area contributed by atoms with Crippen molar-refractivity contribution in [3.8, 4) is 0 Å². The van der Waals surface area contributed by atoms with Crippen molar-refractivity contribution in [3.63, 3.8) is 0 Å². The van der Waals surface area contributed by atoms with E-state index in [1.807, 2.05) is 0 Å². The number of nitrogen functional groups attached to an aromatic ring is 1. The molecule has 0 unspecified atom stereocenters. The normalized spacial score (nSPS) is 11.7. The van der Waals surface area contributed by atoms with Crippen LogP contribution in [-0.2, 0) is 16.5 Å². The highest BCUT2D eigenvalue weighted by atomic mass is 35.5. The summed E-state index contributed by atoms with van der Waals surface area (Å²) in [7, 11) is -4.17. The summed E-state index contributed by atoms with van der Waals surface area (Å²) in [6.45, 7) is 0. The molecule has 0 spiro atoms. The molecule has 102 valence electrons. The van der Waals surface area contributed by atoms with Crippen molar-refractivity contribution in [3.05, 3.63) is 23.8 Å². The van der Waals surface area contributed by atoms with E-state index >= 15 is 0 Å². The van der Waals surface area contributed by atoms with Crippen LogP contribution in [0.2, 0.25) is 0 Å². The topological polar surface area (TPSA) is 80.4 Å². The minimum atomic E-state index is -4.17. The molecule has 4 nitrogen and oxygen atoms in total. The van der Waals surface area contributed by atoms with E-state index in [4.69, 9.17) is 21.9 Å². The van der Waals surface area contributed by atoms with Crippen LogP contribution in [0.25, 0.3) is 0 Å². The summed E-state index contributed by atoms with van der Waals surface area (Å²) in [5.41, 5.74) is 6.70. The van der Waals surface area contributed by atoms with E-state index in [1.165, 1.54) is 12.1 Å². The maximum absolute atomic E-state index is 11.2. The number of rotatable bonds is 7. The van der Waals surface area contributed by atoms with Gasteiger partial charge in [0.2, 0.25) is 0 Å². The summed E-state index contributed by atoms with van der Waals surface area (Å²) in [6, 6.07) is 4.42. The standard InChI is InChI=1S/C12H18ClNO3S/c13-8-4-2-1-3-5-10-9-11(14)6-7-12(10)18(15,16)17/h6-7,9H,1-5,8,14H2,(H,15,16,17). The Kier molecular flexibility index (Phi) is 5.91. The van der Waals surface area contributed by atoms with Gasteiger partial charge in [-0.15, -0.1) is 11.6 Å². The predicted octanol–water partition coefficient (Wildman–Crippen LogP) is 2.86. The summed E-state index contributed by atoms with van der Waals surface area (Å²) in [6.07, 6.45) is 4.40. The molecule has 0 aliphatic heterocycles. The monoisotopic (exact) mass is 291 g/mol. The Bertz CT molecular complexity index is 488. The Balaban J connectivity index is 2.72. The Morgan fingerprint density at radius 1 is 1.17 bits per heavy atom. The van der Waals surface area contributed by atoms with Gasteiger partial charge in [0.05, 0.1) is 4.90 Å². The molecule has 0 aliphatic rings. The average Bonchev–Trinajstić information content (AvgIpc) is 2.27. The summed E-state index contributed by atoms with van der Waals surface area (Å²) < 4.78 is 31.5. The van der Waals surface area contributed by atoms with E-state index in [1.54, 1.807) is 6.07 Å². The summed E-state index contributed by atoms with van der Waals surface area (Å²) in [5.74, 6) is 0.647. The lowest BCUT2D eigenvalue weighted by Crippen LogP contribution is -2.04. The number of halogens is 1. The Morgan fingerprint density at radius 3 is 2.44 bits per heavy atom. The smallest absolute Gasteiger partial charge is 0.294 e. The van der Waals surface area contributed by atoms with Gasteiger partial charge in [-0.25, -0.2) is 0 Å². The first-order valence-electron chi connectivity index (χ1n) is 5.87. The van der Waals surface area contributed by atoms with Gasteiger partial charge in [-0.3, -0.25) is 4.55 Å². The SMILES string of the molecule is Nc1ccc(S(=O)(=O)O)c(CCCCCCCl)c1. The number of alkyl halides is 1. The number of anilines is 1. The number of aryl methyl sites for hydroxylation is 1. The molecule has 1 aromatic carbocycles. The fourth-order valence-corrected chi connectivity index (χ4v) is 2.73. The van der Waals surface area contributed by atoms with Gasteiger partial charge in [-0.2, -0.15) is 8.42 Å². The molecule has 0 aliphatic carbocycles. The molecule has 6 heteroatoms. The van der Waals surface area contributed by atoms with E-state index in [2.05, 4.69) is 0 Å². The lowest BCUT2D eigenvalue weighted by Gasteiger charge is -2.08. The van der Waals surface area contributed by atoms with Crippen LogP contribution in [-0.4, -0.2) is 18.9 Å². The molecule has 1 aromatic rings. The van der Waals surface area contributed by atoms with E-state index in [0.29, 0.717) is 23.6 Å². The molecule has 0 saturated carbocycles. The molecular weight excluding hydrogens is 274 g/mol. The van der Waals surface area contributed by atoms with Crippen LogP contribution < -0.4 is 5.73 Å². The Hall–Kier alpha value is -0.780. The third kappa shape index (κ3) is 4.84. The van der Waals surface area contributed by atoms with Gasteiger partial charge in [-0.05, 0) is 43.0 Å². The van der Waals surface area contributed by atoms with Gasteiger partial charge in [0.15, 0.2) is 0 Å². The van der Waals surface area contributed by atoms with Crippen LogP contribution >= 0.6 is 11.6 Å². The molecule has 0 radical (unpaired) electrons. The molecule has 0 heterocycles. The van der Waals surface area contributed by atoms with Gasteiger partial charge >= 0.3 is 0 Å². The third-order valence-corrected chi connectivity index (χ3v) is 3.91. The number of hydrogen-bond donors (Lipinski definition) is 2. The number of hydrogen-bond acceptors (Lipinski definition) is 3. The third-order valence-electron chi connectivity index (χ3n) is 2.69. The van der Waals surface area contributed by atoms with Crippen LogP contribution in [0.1, 0.15) is 31.2 Å². The molecule has 0 atom stereocenters. The van der Waals surface area contributed by atoms with Gasteiger partial charge in [0, 0.05) is 11.6 Å². The zero-order valence-electron chi connectivity index (χ0n) is 10.1. The lowest BCUT2D eigenvalue weighted by atomic mass is 10.1. The van der Waals surface area contributed by atoms with E-state index < -0.39 is 10.1 Å². The number of unbranched alkanes of at least 4 members (excludes halogenated alkanes) is 3. The van der Waals surface area contributed by atoms with Gasteiger partial charge in [-0.1, -0.05) is 12.8 Å². The molecule has 3 N–H and O–H groups in total. The minimum absolute atomic E-state index is 0.0472. The second kappa shape index (κ2) is 6.97. The van der Waals surface area contributed by atoms with Crippen LogP contribution in [0.15, 0.2) is 23.1 Å². The quantitative estimate of drug-likeness (QED) is 0.350. The van der Waals surface area contributed by atoms with E-state index in [-0.39, 0.29) is 4.90 Å². The molecule has 18 heavy (non-hydrogen) atoms. The summed E-state index contributed by atoms with van der Waals surface area (Å²) >= 11 is 5.57. The molecule has 0 fully saturated rings. The van der Waals surface area contributed by atoms with Crippen molar-refractivity contribution in [1.82, 2.24) is 0 Å². The minimum Gasteiger partial charge on any atom is -0.399 e. The largest absolute Gasteiger partial charge is 0.399 e. The van der Waals surface area contributed by atoms with Gasteiger partial charge in [0.25, 0.3) is 10.1 Å². The van der Waals surface area contributed by atoms with Crippen LogP contribution in [0.5, 0.6) is 0 Å². The fourth-order valence-electron chi connectivity index (χ4n) is 1.81. The maximum Gasteiger partial charge on any atom is 0.294 e. The highest BCUT2D eigenvalue weighted by Crippen LogP contribution is 2.21. The zero-order chi connectivity index (χ0) is 13.6. The predicted molar refractivity (Wildman–Crippen MR) is 73.6 cm³/mol. The van der Waals surface area contributed by atoms with Crippen LogP contribution in [0.4, 0.5) is 5.69 Å². The lowest BCUT2D eigenvalue weighted by molar-refractivity contribution is 0.481. The molecule has 0 bridgehead atoms. The molecule has 0 saturated heterocycles. The second-order valence-corrected chi connectivity index (χ2v) is 5.96. The van der Waals surface area contributed by atoms with Crippen molar-refractivity contribution in [2.75, 3.05) is 11.6 Å². The van der Waals surface area contributed by atoms with Crippen molar-refractivity contribution in [1.29, 1.82) is 0 Å². The Morgan fingerprint density at radius 2 is 1.83 bits per heavy atom. The number of nitrogens with two attached hydrogens (primary N) is 1. The van der Waals surface area contributed by atoms with E-state index in [9.17, 15) is 8.42 Å². The summed E-state index contributed by atoms with van der Waals surface area (Å²) in [5, 5.41) is 0. The van der Waals surface area contributed by atoms with E-state index in [0.717, 1.165) is 25.7 Å². The summed E-state index contributed by atoms with van der Waals surface area (Å²) in [4.78, 5) is -0.0472. The maximum atomic E-state index is 11.2. The van der Waals surface area contributed by atoms with Crippen LogP contribution in [0, 0.1) is 0 Å². The Labute approximate surface area is 113 Å². The van der Waals surface area contributed by atoms with Gasteiger partial charge in [0.1, 0.15) is 0 Å². The van der Waals surface area contributed by atoms with Gasteiger partial charge < -0.3 is 5.73 Å². The van der Waals surface area contributed by atoms with Crippen molar-refractivity contribution in [2.24, 2.45) is 0 Å². The average molecular weight is 292 g/mol. The van der Waals surface area contributed by atoms with Crippen molar-refractivity contribution < 1.29 is 13.0 Å². The highest BCUT2D eigenvalue weighted by Gasteiger charge is 2.14. The second-order valence-electron chi connectivity index (χ2n) is 4.20. The first-order valence-corrected chi connectivity index (χ1v) is 7.84. The molecule has 0 aromatic heterocycles. The fraction of sp³-hybridized carbons (Fsp3) is 0.500. The molecule has 0 amide bonds.